The zero-order valence-corrected chi connectivity index (χ0v) is 15.8. The van der Waals surface area contributed by atoms with E-state index in [2.05, 4.69) is 57.0 Å². The maximum atomic E-state index is 3.78. The van der Waals surface area contributed by atoms with Gasteiger partial charge in [0.15, 0.2) is 0 Å². The van der Waals surface area contributed by atoms with Crippen molar-refractivity contribution in [1.82, 2.24) is 4.98 Å². The monoisotopic (exact) mass is 293 g/mol. The van der Waals surface area contributed by atoms with Crippen molar-refractivity contribution in [1.29, 1.82) is 0 Å². The first kappa shape index (κ1) is 27.9. The number of hydrogen-bond acceptors (Lipinski definition) is 1. The van der Waals surface area contributed by atoms with Crippen LogP contribution in [0, 0.1) is 0 Å². The van der Waals surface area contributed by atoms with E-state index in [-0.39, 0.29) is 0 Å². The number of pyridine rings is 1. The van der Waals surface area contributed by atoms with Crippen molar-refractivity contribution in [3.05, 3.63) is 54.9 Å². The maximum absolute atomic E-state index is 3.78. The van der Waals surface area contributed by atoms with E-state index in [1.807, 2.05) is 45.9 Å². The molecule has 0 aromatic carbocycles. The molecule has 1 aromatic rings. The zero-order chi connectivity index (χ0) is 17.2. The second-order valence-electron chi connectivity index (χ2n) is 3.53. The summed E-state index contributed by atoms with van der Waals surface area (Å²) in [5.74, 6) is 0. The van der Waals surface area contributed by atoms with Gasteiger partial charge in [-0.1, -0.05) is 98.6 Å². The Labute approximate surface area is 135 Å². The van der Waals surface area contributed by atoms with Crippen LogP contribution in [-0.4, -0.2) is 4.98 Å². The molecular formula is C20H39N. The lowest BCUT2D eigenvalue weighted by molar-refractivity contribution is 1.09. The van der Waals surface area contributed by atoms with Crippen molar-refractivity contribution in [2.24, 2.45) is 0 Å². The Morgan fingerprint density at radius 1 is 0.667 bits per heavy atom. The Balaban J connectivity index is -0.0000000884. The highest BCUT2D eigenvalue weighted by atomic mass is 14.6. The van der Waals surface area contributed by atoms with Crippen molar-refractivity contribution in [3.8, 4) is 0 Å². The van der Waals surface area contributed by atoms with Gasteiger partial charge in [-0.05, 0) is 18.6 Å². The summed E-state index contributed by atoms with van der Waals surface area (Å²) in [6, 6.07) is 5.72. The van der Waals surface area contributed by atoms with Crippen LogP contribution in [-0.2, 0) is 0 Å². The summed E-state index contributed by atoms with van der Waals surface area (Å²) >= 11 is 0. The van der Waals surface area contributed by atoms with Crippen LogP contribution in [0.15, 0.2) is 54.9 Å². The standard InChI is InChI=1S/C5H5N.C5H6.2C3H8.2C2H6/c1-2-4-6-5-3-1;1-2-4-5-3-1;2*1-3-2;2*1-2/h1-5H;1-4H,5H2;2*3H2,1-2H3;2*1-2H3. The van der Waals surface area contributed by atoms with Crippen LogP contribution in [0.4, 0.5) is 0 Å². The quantitative estimate of drug-likeness (QED) is 0.483. The van der Waals surface area contributed by atoms with E-state index < -0.39 is 0 Å². The van der Waals surface area contributed by atoms with Gasteiger partial charge < -0.3 is 0 Å². The molecule has 0 radical (unpaired) electrons. The number of rotatable bonds is 0. The van der Waals surface area contributed by atoms with Crippen molar-refractivity contribution in [3.63, 3.8) is 0 Å². The summed E-state index contributed by atoms with van der Waals surface area (Å²) in [5.41, 5.74) is 0. The van der Waals surface area contributed by atoms with Gasteiger partial charge in [0.25, 0.3) is 0 Å². The van der Waals surface area contributed by atoms with Crippen molar-refractivity contribution in [2.45, 2.75) is 74.7 Å². The lowest BCUT2D eigenvalue weighted by Crippen LogP contribution is -1.58. The van der Waals surface area contributed by atoms with Crippen LogP contribution < -0.4 is 0 Å². The van der Waals surface area contributed by atoms with E-state index in [0.29, 0.717) is 0 Å². The fraction of sp³-hybridized carbons (Fsp3) is 0.550. The van der Waals surface area contributed by atoms with Gasteiger partial charge in [-0.25, -0.2) is 0 Å². The number of hydrogen-bond donors (Lipinski definition) is 0. The third kappa shape index (κ3) is 55.6. The predicted molar refractivity (Wildman–Crippen MR) is 102 cm³/mol. The minimum atomic E-state index is 1.14. The number of nitrogens with zero attached hydrogens (tertiary/aromatic N) is 1. The molecule has 0 unspecified atom stereocenters. The van der Waals surface area contributed by atoms with E-state index in [1.54, 1.807) is 12.4 Å². The normalized spacial score (nSPS) is 8.76. The largest absolute Gasteiger partial charge is 0.265 e. The highest BCUT2D eigenvalue weighted by Crippen LogP contribution is 1.93. The lowest BCUT2D eigenvalue weighted by Gasteiger charge is -1.70. The second-order valence-corrected chi connectivity index (χ2v) is 3.53. The SMILES string of the molecule is C1=CCC=C1.CC.CC.CCC.CCC.c1ccncc1. The third-order valence-electron chi connectivity index (χ3n) is 1.22. The fourth-order valence-electron chi connectivity index (χ4n) is 0.705. The van der Waals surface area contributed by atoms with Gasteiger partial charge in [0, 0.05) is 12.4 Å². The number of aromatic nitrogens is 1. The van der Waals surface area contributed by atoms with E-state index in [0.717, 1.165) is 6.42 Å². The minimum Gasteiger partial charge on any atom is -0.265 e. The topological polar surface area (TPSA) is 12.9 Å². The zero-order valence-electron chi connectivity index (χ0n) is 15.8. The summed E-state index contributed by atoms with van der Waals surface area (Å²) in [6.45, 7) is 16.5. The average Bonchev–Trinajstić information content (AvgIpc) is 3.14. The third-order valence-corrected chi connectivity index (χ3v) is 1.22. The summed E-state index contributed by atoms with van der Waals surface area (Å²) in [6.07, 6.45) is 15.5. The maximum Gasteiger partial charge on any atom is 0.0267 e. The van der Waals surface area contributed by atoms with Crippen LogP contribution in [0.3, 0.4) is 0 Å². The van der Waals surface area contributed by atoms with Crippen molar-refractivity contribution < 1.29 is 0 Å². The smallest absolute Gasteiger partial charge is 0.0267 e. The molecular weight excluding hydrogens is 254 g/mol. The molecule has 0 fully saturated rings. The molecule has 0 saturated heterocycles. The minimum absolute atomic E-state index is 1.14. The van der Waals surface area contributed by atoms with Gasteiger partial charge in [0.1, 0.15) is 0 Å². The molecule has 1 aliphatic rings. The van der Waals surface area contributed by atoms with Crippen molar-refractivity contribution in [2.75, 3.05) is 0 Å². The Hall–Kier alpha value is -1.37. The van der Waals surface area contributed by atoms with E-state index in [4.69, 9.17) is 0 Å². The molecule has 0 aliphatic heterocycles. The van der Waals surface area contributed by atoms with Crippen LogP contribution in [0.1, 0.15) is 74.7 Å². The molecule has 0 atom stereocenters. The first-order valence-corrected chi connectivity index (χ1v) is 8.49. The number of allylic oxidation sites excluding steroid dienone is 4. The summed E-state index contributed by atoms with van der Waals surface area (Å²) in [7, 11) is 0. The molecule has 0 saturated carbocycles. The molecule has 0 spiro atoms. The van der Waals surface area contributed by atoms with Gasteiger partial charge in [0.2, 0.25) is 0 Å². The second kappa shape index (κ2) is 42.8. The van der Waals surface area contributed by atoms with Gasteiger partial charge >= 0.3 is 0 Å². The first-order valence-electron chi connectivity index (χ1n) is 8.49. The molecule has 1 heterocycles. The molecule has 21 heavy (non-hydrogen) atoms. The Kier molecular flexibility index (Phi) is 56.9. The highest BCUT2D eigenvalue weighted by molar-refractivity contribution is 5.11. The van der Waals surface area contributed by atoms with Crippen LogP contribution in [0.25, 0.3) is 0 Å². The summed E-state index contributed by atoms with van der Waals surface area (Å²) < 4.78 is 0. The molecule has 124 valence electrons. The molecule has 0 bridgehead atoms. The van der Waals surface area contributed by atoms with Crippen LogP contribution in [0.5, 0.6) is 0 Å². The van der Waals surface area contributed by atoms with Gasteiger partial charge in [-0.2, -0.15) is 0 Å². The molecule has 1 nitrogen and oxygen atoms in total. The average molecular weight is 294 g/mol. The summed E-state index contributed by atoms with van der Waals surface area (Å²) in [5, 5.41) is 0. The van der Waals surface area contributed by atoms with Crippen molar-refractivity contribution >= 4 is 0 Å². The van der Waals surface area contributed by atoms with Crippen LogP contribution in [0.2, 0.25) is 0 Å². The molecule has 1 aliphatic carbocycles. The molecule has 1 heteroatoms. The molecule has 0 N–H and O–H groups in total. The van der Waals surface area contributed by atoms with Gasteiger partial charge in [-0.15, -0.1) is 0 Å². The molecule has 2 rings (SSSR count). The fourth-order valence-corrected chi connectivity index (χ4v) is 0.705. The van der Waals surface area contributed by atoms with Crippen LogP contribution >= 0.6 is 0 Å². The Morgan fingerprint density at radius 3 is 1.10 bits per heavy atom. The highest BCUT2D eigenvalue weighted by Gasteiger charge is 1.72. The van der Waals surface area contributed by atoms with E-state index >= 15 is 0 Å². The predicted octanol–water partition coefficient (Wildman–Crippen LogP) is 7.47. The molecule has 0 amide bonds. The van der Waals surface area contributed by atoms with E-state index in [1.165, 1.54) is 12.8 Å². The Bertz CT molecular complexity index is 211. The first-order chi connectivity index (χ1) is 10.3. The lowest BCUT2D eigenvalue weighted by atomic mass is 10.5. The Morgan fingerprint density at radius 2 is 1.00 bits per heavy atom. The van der Waals surface area contributed by atoms with E-state index in [9.17, 15) is 0 Å². The summed E-state index contributed by atoms with van der Waals surface area (Å²) in [4.78, 5) is 3.78. The molecule has 1 aromatic heterocycles. The van der Waals surface area contributed by atoms with Gasteiger partial charge in [0.05, 0.1) is 0 Å². The van der Waals surface area contributed by atoms with Gasteiger partial charge in [-0.3, -0.25) is 4.98 Å².